The molecular weight excluding hydrogens is 202 g/mol. The molecule has 0 aromatic heterocycles. The van der Waals surface area contributed by atoms with E-state index in [1.165, 1.54) is 7.11 Å². The van der Waals surface area contributed by atoms with Gasteiger partial charge in [0.15, 0.2) is 11.5 Å². The fourth-order valence-electron chi connectivity index (χ4n) is 1.29. The predicted molar refractivity (Wildman–Crippen MR) is 57.0 cm³/mol. The van der Waals surface area contributed by atoms with Crippen molar-refractivity contribution in [2.24, 2.45) is 5.73 Å². The van der Waals surface area contributed by atoms with Gasteiger partial charge in [-0.1, -0.05) is 11.6 Å². The molecule has 0 saturated heterocycles. The van der Waals surface area contributed by atoms with E-state index in [2.05, 4.69) is 0 Å². The van der Waals surface area contributed by atoms with Crippen LogP contribution in [0.1, 0.15) is 12.5 Å². The van der Waals surface area contributed by atoms with Crippen molar-refractivity contribution in [3.05, 3.63) is 22.7 Å². The summed E-state index contributed by atoms with van der Waals surface area (Å²) < 4.78 is 4.97. The molecule has 0 aliphatic carbocycles. The maximum absolute atomic E-state index is 9.72. The van der Waals surface area contributed by atoms with Crippen LogP contribution in [0.15, 0.2) is 12.1 Å². The lowest BCUT2D eigenvalue weighted by atomic mass is 10.1. The van der Waals surface area contributed by atoms with Crippen molar-refractivity contribution in [2.75, 3.05) is 7.11 Å². The number of phenolic OH excluding ortho intramolecular Hbond substituents is 1. The van der Waals surface area contributed by atoms with E-state index in [-0.39, 0.29) is 11.8 Å². The van der Waals surface area contributed by atoms with Crippen LogP contribution in [-0.2, 0) is 6.42 Å². The lowest BCUT2D eigenvalue weighted by molar-refractivity contribution is 0.370. The minimum atomic E-state index is -0.0240. The van der Waals surface area contributed by atoms with Gasteiger partial charge in [-0.25, -0.2) is 0 Å². The quantitative estimate of drug-likeness (QED) is 0.810. The van der Waals surface area contributed by atoms with Crippen molar-refractivity contribution in [2.45, 2.75) is 19.4 Å². The van der Waals surface area contributed by atoms with Gasteiger partial charge in [0.1, 0.15) is 0 Å². The second-order valence-corrected chi connectivity index (χ2v) is 3.73. The SMILES string of the molecule is COc1cc(Cl)cc(C[C@H](C)N)c1O. The molecule has 0 heterocycles. The number of rotatable bonds is 3. The molecule has 14 heavy (non-hydrogen) atoms. The average Bonchev–Trinajstić information content (AvgIpc) is 2.09. The molecule has 3 nitrogen and oxygen atoms in total. The molecule has 0 radical (unpaired) electrons. The highest BCUT2D eigenvalue weighted by Gasteiger charge is 2.10. The minimum Gasteiger partial charge on any atom is -0.504 e. The molecule has 0 aliphatic heterocycles. The van der Waals surface area contributed by atoms with Gasteiger partial charge < -0.3 is 15.6 Å². The molecule has 1 atom stereocenters. The Morgan fingerprint density at radius 2 is 2.21 bits per heavy atom. The van der Waals surface area contributed by atoms with Gasteiger partial charge in [0.2, 0.25) is 0 Å². The van der Waals surface area contributed by atoms with E-state index in [9.17, 15) is 5.11 Å². The molecule has 0 bridgehead atoms. The van der Waals surface area contributed by atoms with Gasteiger partial charge in [-0.05, 0) is 19.4 Å². The second-order valence-electron chi connectivity index (χ2n) is 3.30. The fourth-order valence-corrected chi connectivity index (χ4v) is 1.52. The van der Waals surface area contributed by atoms with Gasteiger partial charge in [-0.2, -0.15) is 0 Å². The monoisotopic (exact) mass is 215 g/mol. The van der Waals surface area contributed by atoms with Gasteiger partial charge in [0, 0.05) is 22.7 Å². The number of phenols is 1. The maximum Gasteiger partial charge on any atom is 0.162 e. The highest BCUT2D eigenvalue weighted by atomic mass is 35.5. The van der Waals surface area contributed by atoms with Crippen LogP contribution in [0.25, 0.3) is 0 Å². The maximum atomic E-state index is 9.72. The molecule has 78 valence electrons. The van der Waals surface area contributed by atoms with Crippen molar-refractivity contribution in [3.63, 3.8) is 0 Å². The molecule has 0 aliphatic rings. The number of methoxy groups -OCH3 is 1. The van der Waals surface area contributed by atoms with Crippen LogP contribution < -0.4 is 10.5 Å². The standard InChI is InChI=1S/C10H14ClNO2/c1-6(12)3-7-4-8(11)5-9(14-2)10(7)13/h4-6,13H,3,12H2,1-2H3/t6-/m0/s1. The Bertz CT molecular complexity index is 326. The van der Waals surface area contributed by atoms with Gasteiger partial charge in [-0.3, -0.25) is 0 Å². The van der Waals surface area contributed by atoms with Crippen LogP contribution in [0, 0.1) is 0 Å². The molecule has 3 N–H and O–H groups in total. The first kappa shape index (κ1) is 11.1. The highest BCUT2D eigenvalue weighted by molar-refractivity contribution is 6.30. The third-order valence-electron chi connectivity index (χ3n) is 1.88. The van der Waals surface area contributed by atoms with Crippen molar-refractivity contribution in [1.82, 2.24) is 0 Å². The Hall–Kier alpha value is -0.930. The third-order valence-corrected chi connectivity index (χ3v) is 2.10. The topological polar surface area (TPSA) is 55.5 Å². The van der Waals surface area contributed by atoms with Crippen molar-refractivity contribution < 1.29 is 9.84 Å². The summed E-state index contributed by atoms with van der Waals surface area (Å²) in [5, 5.41) is 10.3. The van der Waals surface area contributed by atoms with E-state index in [4.69, 9.17) is 22.1 Å². The Morgan fingerprint density at radius 3 is 2.71 bits per heavy atom. The molecular formula is C10H14ClNO2. The summed E-state index contributed by atoms with van der Waals surface area (Å²) in [5.74, 6) is 0.502. The molecule has 0 saturated carbocycles. The smallest absolute Gasteiger partial charge is 0.162 e. The van der Waals surface area contributed by atoms with E-state index in [0.717, 1.165) is 0 Å². The molecule has 0 amide bonds. The van der Waals surface area contributed by atoms with E-state index >= 15 is 0 Å². The van der Waals surface area contributed by atoms with Crippen molar-refractivity contribution in [3.8, 4) is 11.5 Å². The fraction of sp³-hybridized carbons (Fsp3) is 0.400. The summed E-state index contributed by atoms with van der Waals surface area (Å²) in [6, 6.07) is 3.24. The average molecular weight is 216 g/mol. The molecule has 1 rings (SSSR count). The number of nitrogens with two attached hydrogens (primary N) is 1. The largest absolute Gasteiger partial charge is 0.504 e. The number of hydrogen-bond donors (Lipinski definition) is 2. The number of hydrogen-bond acceptors (Lipinski definition) is 3. The number of benzene rings is 1. The van der Waals surface area contributed by atoms with Gasteiger partial charge in [0.25, 0.3) is 0 Å². The number of halogens is 1. The zero-order valence-corrected chi connectivity index (χ0v) is 9.01. The van der Waals surface area contributed by atoms with Crippen LogP contribution in [0.5, 0.6) is 11.5 Å². The Labute approximate surface area is 88.4 Å². The van der Waals surface area contributed by atoms with E-state index < -0.39 is 0 Å². The van der Waals surface area contributed by atoms with E-state index in [1.54, 1.807) is 12.1 Å². The van der Waals surface area contributed by atoms with Gasteiger partial charge in [0.05, 0.1) is 7.11 Å². The first-order valence-electron chi connectivity index (χ1n) is 4.35. The van der Waals surface area contributed by atoms with Gasteiger partial charge in [-0.15, -0.1) is 0 Å². The van der Waals surface area contributed by atoms with Gasteiger partial charge >= 0.3 is 0 Å². The van der Waals surface area contributed by atoms with Crippen LogP contribution in [-0.4, -0.2) is 18.3 Å². The summed E-state index contributed by atoms with van der Waals surface area (Å²) in [7, 11) is 1.49. The van der Waals surface area contributed by atoms with Crippen LogP contribution in [0.4, 0.5) is 0 Å². The summed E-state index contributed by atoms with van der Waals surface area (Å²) in [6.45, 7) is 1.87. The highest BCUT2D eigenvalue weighted by Crippen LogP contribution is 2.33. The van der Waals surface area contributed by atoms with Crippen LogP contribution in [0.3, 0.4) is 0 Å². The zero-order valence-electron chi connectivity index (χ0n) is 8.25. The van der Waals surface area contributed by atoms with Crippen LogP contribution >= 0.6 is 11.6 Å². The Morgan fingerprint density at radius 1 is 1.57 bits per heavy atom. The minimum absolute atomic E-state index is 0.0240. The molecule has 1 aromatic rings. The zero-order chi connectivity index (χ0) is 10.7. The normalized spacial score (nSPS) is 12.6. The van der Waals surface area contributed by atoms with Crippen LogP contribution in [0.2, 0.25) is 5.02 Å². The summed E-state index contributed by atoms with van der Waals surface area (Å²) >= 11 is 5.85. The molecule has 0 unspecified atom stereocenters. The number of aromatic hydroxyl groups is 1. The lowest BCUT2D eigenvalue weighted by Gasteiger charge is -2.11. The lowest BCUT2D eigenvalue weighted by Crippen LogP contribution is -2.17. The third kappa shape index (κ3) is 2.53. The second kappa shape index (κ2) is 4.53. The Kier molecular flexibility index (Phi) is 3.61. The molecule has 0 fully saturated rings. The van der Waals surface area contributed by atoms with Crippen molar-refractivity contribution >= 4 is 11.6 Å². The summed E-state index contributed by atoms with van der Waals surface area (Å²) in [6.07, 6.45) is 0.572. The van der Waals surface area contributed by atoms with E-state index in [0.29, 0.717) is 22.8 Å². The molecule has 4 heteroatoms. The summed E-state index contributed by atoms with van der Waals surface area (Å²) in [5.41, 5.74) is 6.35. The first-order chi connectivity index (χ1) is 6.54. The number of ether oxygens (including phenoxy) is 1. The summed E-state index contributed by atoms with van der Waals surface area (Å²) in [4.78, 5) is 0. The molecule has 0 spiro atoms. The molecule has 1 aromatic carbocycles. The first-order valence-corrected chi connectivity index (χ1v) is 4.73. The predicted octanol–water partition coefficient (Wildman–Crippen LogP) is 1.94. The Balaban J connectivity index is 3.08. The van der Waals surface area contributed by atoms with Crippen molar-refractivity contribution in [1.29, 1.82) is 0 Å². The van der Waals surface area contributed by atoms with E-state index in [1.807, 2.05) is 6.92 Å².